The molecule has 2 aliphatic rings. The van der Waals surface area contributed by atoms with E-state index in [0.717, 1.165) is 32.6 Å². The molecule has 2 saturated heterocycles. The van der Waals surface area contributed by atoms with E-state index in [1.807, 2.05) is 36.4 Å². The quantitative estimate of drug-likeness (QED) is 0.860. The Kier molecular flexibility index (Phi) is 4.11. The summed E-state index contributed by atoms with van der Waals surface area (Å²) in [5.41, 5.74) is 2.50. The van der Waals surface area contributed by atoms with Crippen LogP contribution >= 0.6 is 0 Å². The molecule has 3 heteroatoms. The average molecular weight is 321 g/mol. The summed E-state index contributed by atoms with van der Waals surface area (Å²) in [6, 6.07) is 20.7. The van der Waals surface area contributed by atoms with Crippen LogP contribution in [0.5, 0.6) is 0 Å². The molecule has 1 atom stereocenters. The lowest BCUT2D eigenvalue weighted by molar-refractivity contribution is -0.139. The fourth-order valence-electron chi connectivity index (χ4n) is 4.07. The van der Waals surface area contributed by atoms with Gasteiger partial charge in [0, 0.05) is 25.0 Å². The molecule has 0 N–H and O–H groups in total. The third kappa shape index (κ3) is 2.84. The highest BCUT2D eigenvalue weighted by Crippen LogP contribution is 2.42. The molecule has 0 aliphatic carbocycles. The number of rotatable bonds is 3. The maximum Gasteiger partial charge on any atom is 0.223 e. The first-order chi connectivity index (χ1) is 11.8. The molecule has 124 valence electrons. The monoisotopic (exact) mass is 321 g/mol. The maximum absolute atomic E-state index is 12.8. The van der Waals surface area contributed by atoms with Crippen LogP contribution in [0.15, 0.2) is 60.7 Å². The summed E-state index contributed by atoms with van der Waals surface area (Å²) < 4.78 is 5.67. The molecule has 3 nitrogen and oxygen atoms in total. The van der Waals surface area contributed by atoms with Gasteiger partial charge in [-0.3, -0.25) is 4.79 Å². The maximum atomic E-state index is 12.8. The Labute approximate surface area is 143 Å². The van der Waals surface area contributed by atoms with Gasteiger partial charge in [-0.2, -0.15) is 0 Å². The number of carbonyl (C=O) groups excluding carboxylic acids is 1. The van der Waals surface area contributed by atoms with Crippen molar-refractivity contribution in [3.8, 4) is 0 Å². The number of nitrogens with zero attached hydrogens (tertiary/aromatic N) is 1. The molecule has 1 unspecified atom stereocenters. The van der Waals surface area contributed by atoms with E-state index in [4.69, 9.17) is 4.74 Å². The number of carbonyl (C=O) groups is 1. The van der Waals surface area contributed by atoms with E-state index in [2.05, 4.69) is 29.2 Å². The van der Waals surface area contributed by atoms with Gasteiger partial charge in [0.1, 0.15) is 0 Å². The van der Waals surface area contributed by atoms with Crippen molar-refractivity contribution in [2.75, 3.05) is 19.8 Å². The predicted molar refractivity (Wildman–Crippen MR) is 93.5 cm³/mol. The summed E-state index contributed by atoms with van der Waals surface area (Å²) in [5.74, 6) is 0.255. The van der Waals surface area contributed by atoms with Gasteiger partial charge in [-0.1, -0.05) is 60.7 Å². The topological polar surface area (TPSA) is 29.5 Å². The number of piperidine rings is 1. The minimum absolute atomic E-state index is 0.0160. The highest BCUT2D eigenvalue weighted by atomic mass is 16.5. The van der Waals surface area contributed by atoms with Gasteiger partial charge in [0.15, 0.2) is 0 Å². The second-order valence-electron chi connectivity index (χ2n) is 7.05. The first-order valence-corrected chi connectivity index (χ1v) is 8.75. The SMILES string of the molecule is O=C1CCC2(CCOC2)CN1C(c1ccccc1)c1ccccc1. The number of benzene rings is 2. The molecular weight excluding hydrogens is 298 g/mol. The Morgan fingerprint density at radius 3 is 2.08 bits per heavy atom. The lowest BCUT2D eigenvalue weighted by Crippen LogP contribution is -2.48. The molecule has 0 bridgehead atoms. The number of likely N-dealkylation sites (tertiary alicyclic amines) is 1. The van der Waals surface area contributed by atoms with E-state index in [-0.39, 0.29) is 17.4 Å². The van der Waals surface area contributed by atoms with Crippen LogP contribution in [0.1, 0.15) is 36.4 Å². The zero-order valence-corrected chi connectivity index (χ0v) is 13.9. The molecule has 0 radical (unpaired) electrons. The largest absolute Gasteiger partial charge is 0.381 e. The Morgan fingerprint density at radius 2 is 1.54 bits per heavy atom. The fourth-order valence-corrected chi connectivity index (χ4v) is 4.07. The average Bonchev–Trinajstić information content (AvgIpc) is 3.09. The van der Waals surface area contributed by atoms with Crippen molar-refractivity contribution in [3.05, 3.63) is 71.8 Å². The standard InChI is InChI=1S/C21H23NO2/c23-19-11-12-21(13-14-24-16-21)15-22(19)20(17-7-3-1-4-8-17)18-9-5-2-6-10-18/h1-10,20H,11-16H2. The van der Waals surface area contributed by atoms with Crippen LogP contribution < -0.4 is 0 Å². The molecule has 1 amide bonds. The summed E-state index contributed by atoms with van der Waals surface area (Å²) in [6.45, 7) is 2.40. The van der Waals surface area contributed by atoms with Gasteiger partial charge < -0.3 is 9.64 Å². The Morgan fingerprint density at radius 1 is 0.917 bits per heavy atom. The summed E-state index contributed by atoms with van der Waals surface area (Å²) in [5, 5.41) is 0. The molecule has 0 saturated carbocycles. The molecular formula is C21H23NO2. The molecule has 2 heterocycles. The Hall–Kier alpha value is -2.13. The van der Waals surface area contributed by atoms with E-state index in [9.17, 15) is 4.79 Å². The Bertz CT molecular complexity index is 653. The molecule has 4 rings (SSSR count). The number of hydrogen-bond donors (Lipinski definition) is 0. The second-order valence-corrected chi connectivity index (χ2v) is 7.05. The third-order valence-corrected chi connectivity index (χ3v) is 5.42. The first kappa shape index (κ1) is 15.4. The molecule has 2 fully saturated rings. The van der Waals surface area contributed by atoms with E-state index < -0.39 is 0 Å². The Balaban J connectivity index is 1.73. The summed E-state index contributed by atoms with van der Waals surface area (Å²) in [4.78, 5) is 14.9. The highest BCUT2D eigenvalue weighted by molar-refractivity contribution is 5.78. The zero-order chi connectivity index (χ0) is 16.4. The van der Waals surface area contributed by atoms with E-state index in [1.165, 1.54) is 11.1 Å². The van der Waals surface area contributed by atoms with Crippen molar-refractivity contribution < 1.29 is 9.53 Å². The van der Waals surface area contributed by atoms with Crippen LogP contribution in [0.3, 0.4) is 0 Å². The van der Waals surface area contributed by atoms with Crippen molar-refractivity contribution in [3.63, 3.8) is 0 Å². The molecule has 2 aromatic rings. The normalized spacial score (nSPS) is 24.0. The van der Waals surface area contributed by atoms with Crippen LogP contribution in [0, 0.1) is 5.41 Å². The van der Waals surface area contributed by atoms with Crippen molar-refractivity contribution in [1.82, 2.24) is 4.90 Å². The van der Waals surface area contributed by atoms with E-state index >= 15 is 0 Å². The molecule has 24 heavy (non-hydrogen) atoms. The van der Waals surface area contributed by atoms with Gasteiger partial charge in [-0.25, -0.2) is 0 Å². The van der Waals surface area contributed by atoms with Crippen LogP contribution in [-0.2, 0) is 9.53 Å². The van der Waals surface area contributed by atoms with Crippen LogP contribution in [-0.4, -0.2) is 30.6 Å². The lowest BCUT2D eigenvalue weighted by atomic mass is 9.78. The summed E-state index contributed by atoms with van der Waals surface area (Å²) in [6.07, 6.45) is 2.64. The molecule has 2 aromatic carbocycles. The van der Waals surface area contributed by atoms with E-state index in [1.54, 1.807) is 0 Å². The van der Waals surface area contributed by atoms with Gasteiger partial charge in [0.2, 0.25) is 5.91 Å². The summed E-state index contributed by atoms with van der Waals surface area (Å²) in [7, 11) is 0. The smallest absolute Gasteiger partial charge is 0.223 e. The van der Waals surface area contributed by atoms with Gasteiger partial charge in [-0.05, 0) is 24.0 Å². The lowest BCUT2D eigenvalue weighted by Gasteiger charge is -2.43. The predicted octanol–water partition coefficient (Wildman–Crippen LogP) is 3.81. The summed E-state index contributed by atoms with van der Waals surface area (Å²) >= 11 is 0. The van der Waals surface area contributed by atoms with Gasteiger partial charge in [0.05, 0.1) is 12.6 Å². The van der Waals surface area contributed by atoms with Crippen molar-refractivity contribution in [2.24, 2.45) is 5.41 Å². The zero-order valence-electron chi connectivity index (χ0n) is 13.9. The molecule has 0 aromatic heterocycles. The fraction of sp³-hybridized carbons (Fsp3) is 0.381. The van der Waals surface area contributed by atoms with Gasteiger partial charge >= 0.3 is 0 Å². The second kappa shape index (κ2) is 6.40. The van der Waals surface area contributed by atoms with E-state index in [0.29, 0.717) is 6.42 Å². The van der Waals surface area contributed by atoms with Gasteiger partial charge in [-0.15, -0.1) is 0 Å². The minimum atomic E-state index is -0.0160. The van der Waals surface area contributed by atoms with Crippen molar-refractivity contribution >= 4 is 5.91 Å². The third-order valence-electron chi connectivity index (χ3n) is 5.42. The molecule has 2 aliphatic heterocycles. The van der Waals surface area contributed by atoms with Crippen LogP contribution in [0.25, 0.3) is 0 Å². The van der Waals surface area contributed by atoms with Gasteiger partial charge in [0.25, 0.3) is 0 Å². The highest BCUT2D eigenvalue weighted by Gasteiger charge is 2.44. The number of ether oxygens (including phenoxy) is 1. The molecule has 1 spiro atoms. The van der Waals surface area contributed by atoms with Crippen LogP contribution in [0.4, 0.5) is 0 Å². The minimum Gasteiger partial charge on any atom is -0.381 e. The van der Waals surface area contributed by atoms with Crippen molar-refractivity contribution in [2.45, 2.75) is 25.3 Å². The number of amides is 1. The van der Waals surface area contributed by atoms with Crippen LogP contribution in [0.2, 0.25) is 0 Å². The first-order valence-electron chi connectivity index (χ1n) is 8.75. The number of hydrogen-bond acceptors (Lipinski definition) is 2. The van der Waals surface area contributed by atoms with Crippen molar-refractivity contribution in [1.29, 1.82) is 0 Å².